The van der Waals surface area contributed by atoms with Gasteiger partial charge in [-0.2, -0.15) is 0 Å². The molecular formula is C17H14N2O3. The van der Waals surface area contributed by atoms with Crippen molar-refractivity contribution in [3.05, 3.63) is 59.7 Å². The molecule has 3 rings (SSSR count). The molecule has 2 aromatic carbocycles. The molecule has 0 unspecified atom stereocenters. The normalized spacial score (nSPS) is 13.2. The number of benzene rings is 2. The van der Waals surface area contributed by atoms with Gasteiger partial charge in [0, 0.05) is 12.1 Å². The van der Waals surface area contributed by atoms with E-state index in [1.807, 2.05) is 0 Å². The van der Waals surface area contributed by atoms with E-state index in [4.69, 9.17) is 0 Å². The van der Waals surface area contributed by atoms with Gasteiger partial charge in [0.05, 0.1) is 16.8 Å². The molecule has 0 spiro atoms. The van der Waals surface area contributed by atoms with Crippen molar-refractivity contribution in [1.29, 1.82) is 0 Å². The molecule has 0 radical (unpaired) electrons. The SMILES string of the molecule is CCC(=O)Nc1ccc(N2C(=O)c3ccccc3C2=O)cc1. The average molecular weight is 294 g/mol. The van der Waals surface area contributed by atoms with Gasteiger partial charge in [-0.1, -0.05) is 19.1 Å². The van der Waals surface area contributed by atoms with Gasteiger partial charge in [-0.15, -0.1) is 0 Å². The second-order valence-corrected chi connectivity index (χ2v) is 4.94. The molecule has 1 N–H and O–H groups in total. The lowest BCUT2D eigenvalue weighted by Crippen LogP contribution is -2.29. The van der Waals surface area contributed by atoms with Crippen molar-refractivity contribution in [2.24, 2.45) is 0 Å². The van der Waals surface area contributed by atoms with Crippen LogP contribution in [0.25, 0.3) is 0 Å². The Morgan fingerprint density at radius 1 is 0.955 bits per heavy atom. The third kappa shape index (κ3) is 2.26. The minimum Gasteiger partial charge on any atom is -0.326 e. The van der Waals surface area contributed by atoms with Gasteiger partial charge in [0.1, 0.15) is 0 Å². The van der Waals surface area contributed by atoms with E-state index in [-0.39, 0.29) is 17.7 Å². The van der Waals surface area contributed by atoms with Gasteiger partial charge in [0.2, 0.25) is 5.91 Å². The van der Waals surface area contributed by atoms with Crippen molar-refractivity contribution in [3.63, 3.8) is 0 Å². The summed E-state index contributed by atoms with van der Waals surface area (Å²) >= 11 is 0. The zero-order chi connectivity index (χ0) is 15.7. The molecule has 0 saturated carbocycles. The highest BCUT2D eigenvalue weighted by atomic mass is 16.2. The van der Waals surface area contributed by atoms with Crippen LogP contribution in [0.4, 0.5) is 11.4 Å². The van der Waals surface area contributed by atoms with Gasteiger partial charge in [-0.05, 0) is 36.4 Å². The Bertz CT molecular complexity index is 731. The Labute approximate surface area is 127 Å². The van der Waals surface area contributed by atoms with Crippen molar-refractivity contribution in [2.45, 2.75) is 13.3 Å². The van der Waals surface area contributed by atoms with Crippen molar-refractivity contribution in [1.82, 2.24) is 0 Å². The summed E-state index contributed by atoms with van der Waals surface area (Å²) < 4.78 is 0. The first-order valence-electron chi connectivity index (χ1n) is 6.99. The van der Waals surface area contributed by atoms with Crippen molar-refractivity contribution < 1.29 is 14.4 Å². The van der Waals surface area contributed by atoms with Gasteiger partial charge < -0.3 is 5.32 Å². The number of nitrogens with one attached hydrogen (secondary N) is 1. The van der Waals surface area contributed by atoms with Crippen LogP contribution >= 0.6 is 0 Å². The molecule has 2 aromatic rings. The largest absolute Gasteiger partial charge is 0.326 e. The summed E-state index contributed by atoms with van der Waals surface area (Å²) in [5.74, 6) is -0.745. The van der Waals surface area contributed by atoms with Crippen LogP contribution in [0.5, 0.6) is 0 Å². The first kappa shape index (κ1) is 14.0. The molecule has 0 aliphatic carbocycles. The van der Waals surface area contributed by atoms with Gasteiger partial charge >= 0.3 is 0 Å². The minimum absolute atomic E-state index is 0.0894. The molecule has 22 heavy (non-hydrogen) atoms. The van der Waals surface area contributed by atoms with E-state index in [2.05, 4.69) is 5.32 Å². The van der Waals surface area contributed by atoms with Gasteiger partial charge in [0.15, 0.2) is 0 Å². The summed E-state index contributed by atoms with van der Waals surface area (Å²) in [5, 5.41) is 2.72. The number of anilines is 2. The van der Waals surface area contributed by atoms with E-state index in [1.165, 1.54) is 0 Å². The number of rotatable bonds is 3. The second-order valence-electron chi connectivity index (χ2n) is 4.94. The van der Waals surface area contributed by atoms with Crippen LogP contribution in [-0.2, 0) is 4.79 Å². The van der Waals surface area contributed by atoms with E-state index < -0.39 is 0 Å². The predicted molar refractivity (Wildman–Crippen MR) is 82.9 cm³/mol. The molecular weight excluding hydrogens is 280 g/mol. The van der Waals surface area contributed by atoms with Crippen molar-refractivity contribution in [2.75, 3.05) is 10.2 Å². The van der Waals surface area contributed by atoms with Crippen LogP contribution in [0, 0.1) is 0 Å². The third-order valence-electron chi connectivity index (χ3n) is 3.52. The number of amides is 3. The van der Waals surface area contributed by atoms with Crippen LogP contribution in [0.3, 0.4) is 0 Å². The highest BCUT2D eigenvalue weighted by molar-refractivity contribution is 6.34. The monoisotopic (exact) mass is 294 g/mol. The average Bonchev–Trinajstić information content (AvgIpc) is 2.80. The maximum Gasteiger partial charge on any atom is 0.266 e. The number of fused-ring (bicyclic) bond motifs is 1. The van der Waals surface area contributed by atoms with E-state index in [9.17, 15) is 14.4 Å². The number of hydrogen-bond donors (Lipinski definition) is 1. The lowest BCUT2D eigenvalue weighted by atomic mass is 10.1. The first-order chi connectivity index (χ1) is 10.6. The summed E-state index contributed by atoms with van der Waals surface area (Å²) in [5.41, 5.74) is 1.94. The summed E-state index contributed by atoms with van der Waals surface area (Å²) in [7, 11) is 0. The zero-order valence-electron chi connectivity index (χ0n) is 12.0. The van der Waals surface area contributed by atoms with Crippen LogP contribution in [0.1, 0.15) is 34.1 Å². The smallest absolute Gasteiger partial charge is 0.266 e. The molecule has 5 nitrogen and oxygen atoms in total. The molecule has 0 saturated heterocycles. The predicted octanol–water partition coefficient (Wildman–Crippen LogP) is 2.84. The van der Waals surface area contributed by atoms with Crippen LogP contribution in [-0.4, -0.2) is 17.7 Å². The van der Waals surface area contributed by atoms with Gasteiger partial charge in [-0.25, -0.2) is 4.90 Å². The number of nitrogens with zero attached hydrogens (tertiary/aromatic N) is 1. The van der Waals surface area contributed by atoms with Crippen LogP contribution in [0.15, 0.2) is 48.5 Å². The minimum atomic E-state index is -0.328. The van der Waals surface area contributed by atoms with Crippen LogP contribution < -0.4 is 10.2 Å². The maximum atomic E-state index is 12.4. The van der Waals surface area contributed by atoms with Crippen molar-refractivity contribution >= 4 is 29.1 Å². The Balaban J connectivity index is 1.88. The first-order valence-corrected chi connectivity index (χ1v) is 6.99. The van der Waals surface area contributed by atoms with Gasteiger partial charge in [0.25, 0.3) is 11.8 Å². The number of carbonyl (C=O) groups excluding carboxylic acids is 3. The summed E-state index contributed by atoms with van der Waals surface area (Å²) in [6, 6.07) is 13.4. The summed E-state index contributed by atoms with van der Waals surface area (Å²) in [6.45, 7) is 1.77. The summed E-state index contributed by atoms with van der Waals surface area (Å²) in [6.07, 6.45) is 0.389. The Kier molecular flexibility index (Phi) is 3.47. The molecule has 0 aromatic heterocycles. The Morgan fingerprint density at radius 3 is 2.00 bits per heavy atom. The zero-order valence-corrected chi connectivity index (χ0v) is 12.0. The highest BCUT2D eigenvalue weighted by Crippen LogP contribution is 2.28. The standard InChI is InChI=1S/C17H14N2O3/c1-2-15(20)18-11-7-9-12(10-8-11)19-16(21)13-5-3-4-6-14(13)17(19)22/h3-10H,2H2,1H3,(H,18,20). The number of hydrogen-bond acceptors (Lipinski definition) is 3. The molecule has 3 amide bonds. The lowest BCUT2D eigenvalue weighted by molar-refractivity contribution is -0.115. The molecule has 5 heteroatoms. The quantitative estimate of drug-likeness (QED) is 0.885. The fraction of sp³-hybridized carbons (Fsp3) is 0.118. The van der Waals surface area contributed by atoms with E-state index in [0.717, 1.165) is 4.90 Å². The molecule has 1 heterocycles. The molecule has 0 bridgehead atoms. The Morgan fingerprint density at radius 2 is 1.50 bits per heavy atom. The van der Waals surface area contributed by atoms with Gasteiger partial charge in [-0.3, -0.25) is 14.4 Å². The molecule has 0 fully saturated rings. The molecule has 1 aliphatic heterocycles. The fourth-order valence-electron chi connectivity index (χ4n) is 2.37. The number of imide groups is 1. The number of carbonyl (C=O) groups is 3. The molecule has 110 valence electrons. The third-order valence-corrected chi connectivity index (χ3v) is 3.52. The second kappa shape index (κ2) is 5.44. The highest BCUT2D eigenvalue weighted by Gasteiger charge is 2.36. The Hall–Kier alpha value is -2.95. The summed E-state index contributed by atoms with van der Waals surface area (Å²) in [4.78, 5) is 37.2. The van der Waals surface area contributed by atoms with Crippen LogP contribution in [0.2, 0.25) is 0 Å². The van der Waals surface area contributed by atoms with E-state index in [1.54, 1.807) is 55.5 Å². The van der Waals surface area contributed by atoms with E-state index in [0.29, 0.717) is 28.9 Å². The fourth-order valence-corrected chi connectivity index (χ4v) is 2.37. The van der Waals surface area contributed by atoms with Crippen molar-refractivity contribution in [3.8, 4) is 0 Å². The maximum absolute atomic E-state index is 12.4. The molecule has 1 aliphatic rings. The van der Waals surface area contributed by atoms with E-state index >= 15 is 0 Å². The lowest BCUT2D eigenvalue weighted by Gasteiger charge is -2.14. The topological polar surface area (TPSA) is 66.5 Å². The molecule has 0 atom stereocenters.